The number of rotatable bonds is 10. The number of hydrogen-bond acceptors (Lipinski definition) is 6. The highest BCUT2D eigenvalue weighted by molar-refractivity contribution is 7.13. The summed E-state index contributed by atoms with van der Waals surface area (Å²) in [7, 11) is 3.74. The van der Waals surface area contributed by atoms with E-state index in [0.29, 0.717) is 11.6 Å². The van der Waals surface area contributed by atoms with E-state index in [0.717, 1.165) is 42.3 Å². The van der Waals surface area contributed by atoms with Crippen molar-refractivity contribution in [2.75, 3.05) is 26.0 Å². The normalized spacial score (nSPS) is 10.9. The molecule has 158 valence electrons. The first-order valence-corrected chi connectivity index (χ1v) is 10.9. The van der Waals surface area contributed by atoms with Crippen LogP contribution in [0.1, 0.15) is 39.3 Å². The van der Waals surface area contributed by atoms with Crippen molar-refractivity contribution < 1.29 is 9.53 Å². The van der Waals surface area contributed by atoms with E-state index in [4.69, 9.17) is 4.74 Å². The molecule has 0 atom stereocenters. The van der Waals surface area contributed by atoms with Crippen molar-refractivity contribution in [3.05, 3.63) is 69.7 Å². The minimum Gasteiger partial charge on any atom is -0.497 e. The summed E-state index contributed by atoms with van der Waals surface area (Å²) in [5.74, 6) is 0.662. The number of benzene rings is 2. The maximum absolute atomic E-state index is 12.4. The van der Waals surface area contributed by atoms with E-state index < -0.39 is 0 Å². The smallest absolute Gasteiger partial charge is 0.286 e. The molecule has 0 saturated carbocycles. The first kappa shape index (κ1) is 21.9. The van der Waals surface area contributed by atoms with Crippen molar-refractivity contribution in [3.63, 3.8) is 0 Å². The quantitative estimate of drug-likeness (QED) is 0.522. The third-order valence-corrected chi connectivity index (χ3v) is 5.76. The topological polar surface area (TPSA) is 67.4 Å². The highest BCUT2D eigenvalue weighted by Crippen LogP contribution is 2.16. The van der Waals surface area contributed by atoms with Gasteiger partial charge in [-0.2, -0.15) is 0 Å². The second-order valence-electron chi connectivity index (χ2n) is 7.19. The fraction of sp³-hybridized carbons (Fsp3) is 0.348. The molecule has 0 bridgehead atoms. The van der Waals surface area contributed by atoms with Crippen LogP contribution in [0.3, 0.4) is 0 Å². The second-order valence-corrected chi connectivity index (χ2v) is 8.26. The molecule has 3 aromatic rings. The zero-order chi connectivity index (χ0) is 21.3. The summed E-state index contributed by atoms with van der Waals surface area (Å²) in [4.78, 5) is 14.6. The van der Waals surface area contributed by atoms with Gasteiger partial charge in [0.25, 0.3) is 5.91 Å². The lowest BCUT2D eigenvalue weighted by atomic mass is 10.1. The van der Waals surface area contributed by atoms with Crippen molar-refractivity contribution in [1.82, 2.24) is 15.1 Å². The second kappa shape index (κ2) is 10.8. The van der Waals surface area contributed by atoms with Crippen LogP contribution in [0.4, 0.5) is 5.69 Å². The third-order valence-electron chi connectivity index (χ3n) is 4.85. The van der Waals surface area contributed by atoms with Gasteiger partial charge in [0.05, 0.1) is 13.7 Å². The predicted octanol–water partition coefficient (Wildman–Crippen LogP) is 4.43. The fourth-order valence-corrected chi connectivity index (χ4v) is 3.89. The average molecular weight is 425 g/mol. The Morgan fingerprint density at radius 3 is 2.43 bits per heavy atom. The number of nitrogens with zero attached hydrogens (tertiary/aromatic N) is 3. The molecule has 0 unspecified atom stereocenters. The van der Waals surface area contributed by atoms with E-state index >= 15 is 0 Å². The molecule has 0 aliphatic heterocycles. The van der Waals surface area contributed by atoms with E-state index in [1.54, 1.807) is 7.11 Å². The minimum absolute atomic E-state index is 0.217. The minimum atomic E-state index is -0.217. The predicted molar refractivity (Wildman–Crippen MR) is 121 cm³/mol. The van der Waals surface area contributed by atoms with Crippen LogP contribution in [0.15, 0.2) is 48.5 Å². The Hall–Kier alpha value is -2.77. The summed E-state index contributed by atoms with van der Waals surface area (Å²) < 4.78 is 5.19. The van der Waals surface area contributed by atoms with E-state index in [1.807, 2.05) is 36.4 Å². The molecule has 7 heteroatoms. The monoisotopic (exact) mass is 424 g/mol. The van der Waals surface area contributed by atoms with Crippen molar-refractivity contribution in [1.29, 1.82) is 0 Å². The lowest BCUT2D eigenvalue weighted by molar-refractivity contribution is 0.102. The summed E-state index contributed by atoms with van der Waals surface area (Å²) in [6.07, 6.45) is 3.03. The van der Waals surface area contributed by atoms with Crippen molar-refractivity contribution in [2.24, 2.45) is 0 Å². The molecule has 30 heavy (non-hydrogen) atoms. The highest BCUT2D eigenvalue weighted by Gasteiger charge is 2.14. The van der Waals surface area contributed by atoms with Crippen molar-refractivity contribution >= 4 is 22.9 Å². The molecule has 0 aliphatic rings. The molecule has 0 saturated heterocycles. The van der Waals surface area contributed by atoms with Gasteiger partial charge in [0.2, 0.25) is 5.01 Å². The first-order valence-electron chi connectivity index (χ1n) is 10.1. The summed E-state index contributed by atoms with van der Waals surface area (Å²) in [5, 5.41) is 12.4. The standard InChI is InChI=1S/C23H28N4O2S/c1-4-17-7-11-19(12-8-17)24-22(28)23-26-25-21(30-23)16-27(2)15-5-6-18-9-13-20(29-3)14-10-18/h7-14H,4-6,15-16H2,1-3H3,(H,24,28). The van der Waals surface area contributed by atoms with Crippen LogP contribution >= 0.6 is 11.3 Å². The molecule has 1 heterocycles. The Bertz CT molecular complexity index is 939. The van der Waals surface area contributed by atoms with E-state index in [-0.39, 0.29) is 5.91 Å². The Labute approximate surface area is 181 Å². The number of aromatic nitrogens is 2. The zero-order valence-corrected chi connectivity index (χ0v) is 18.5. The number of anilines is 1. The van der Waals surface area contributed by atoms with Crippen molar-refractivity contribution in [2.45, 2.75) is 32.7 Å². The summed E-state index contributed by atoms with van der Waals surface area (Å²) in [6.45, 7) is 3.72. The fourth-order valence-electron chi connectivity index (χ4n) is 3.07. The first-order chi connectivity index (χ1) is 14.6. The Kier molecular flexibility index (Phi) is 7.93. The number of ether oxygens (including phenoxy) is 1. The molecule has 0 radical (unpaired) electrons. The van der Waals surface area contributed by atoms with Crippen LogP contribution < -0.4 is 10.1 Å². The summed E-state index contributed by atoms with van der Waals surface area (Å²) in [6, 6.07) is 16.0. The Balaban J connectivity index is 1.44. The zero-order valence-electron chi connectivity index (χ0n) is 17.7. The van der Waals surface area contributed by atoms with Crippen LogP contribution in [0.5, 0.6) is 5.75 Å². The van der Waals surface area contributed by atoms with E-state index in [9.17, 15) is 4.79 Å². The molecule has 0 spiro atoms. The van der Waals surface area contributed by atoms with Crippen LogP contribution in [-0.2, 0) is 19.4 Å². The molecule has 1 amide bonds. The van der Waals surface area contributed by atoms with Gasteiger partial charge in [-0.25, -0.2) is 0 Å². The Morgan fingerprint density at radius 2 is 1.77 bits per heavy atom. The molecule has 0 fully saturated rings. The van der Waals surface area contributed by atoms with Gasteiger partial charge in [0, 0.05) is 5.69 Å². The number of carbonyl (C=O) groups is 1. The van der Waals surface area contributed by atoms with Gasteiger partial charge >= 0.3 is 0 Å². The summed E-state index contributed by atoms with van der Waals surface area (Å²) >= 11 is 1.34. The van der Waals surface area contributed by atoms with Crippen LogP contribution in [0, 0.1) is 0 Å². The number of nitrogens with one attached hydrogen (secondary N) is 1. The van der Waals surface area contributed by atoms with Gasteiger partial charge < -0.3 is 10.1 Å². The van der Waals surface area contributed by atoms with Gasteiger partial charge in [0.1, 0.15) is 10.8 Å². The maximum atomic E-state index is 12.4. The summed E-state index contributed by atoms with van der Waals surface area (Å²) in [5.41, 5.74) is 3.30. The SMILES string of the molecule is CCc1ccc(NC(=O)c2nnc(CN(C)CCCc3ccc(OC)cc3)s2)cc1. The molecule has 1 N–H and O–H groups in total. The van der Waals surface area contributed by atoms with E-state index in [2.05, 4.69) is 46.5 Å². The molecule has 2 aromatic carbocycles. The van der Waals surface area contributed by atoms with Gasteiger partial charge in [0.15, 0.2) is 0 Å². The molecular weight excluding hydrogens is 396 g/mol. The van der Waals surface area contributed by atoms with Crippen LogP contribution in [-0.4, -0.2) is 41.7 Å². The molecule has 3 rings (SSSR count). The molecule has 1 aromatic heterocycles. The number of amides is 1. The third kappa shape index (κ3) is 6.37. The Morgan fingerprint density at radius 1 is 1.07 bits per heavy atom. The average Bonchev–Trinajstić information content (AvgIpc) is 3.23. The molecule has 6 nitrogen and oxygen atoms in total. The molecular formula is C23H28N4O2S. The van der Waals surface area contributed by atoms with E-state index in [1.165, 1.54) is 22.5 Å². The number of hydrogen-bond donors (Lipinski definition) is 1. The van der Waals surface area contributed by atoms with Crippen molar-refractivity contribution in [3.8, 4) is 5.75 Å². The number of methoxy groups -OCH3 is 1. The van der Waals surface area contributed by atoms with Gasteiger partial charge in [-0.15, -0.1) is 10.2 Å². The lowest BCUT2D eigenvalue weighted by Gasteiger charge is -2.14. The van der Waals surface area contributed by atoms with Crippen LogP contribution in [0.2, 0.25) is 0 Å². The lowest BCUT2D eigenvalue weighted by Crippen LogP contribution is -2.19. The van der Waals surface area contributed by atoms with Gasteiger partial charge in [-0.05, 0) is 68.2 Å². The number of carbonyl (C=O) groups excluding carboxylic acids is 1. The largest absolute Gasteiger partial charge is 0.497 e. The number of aryl methyl sites for hydroxylation is 2. The van der Waals surface area contributed by atoms with Crippen LogP contribution in [0.25, 0.3) is 0 Å². The molecule has 0 aliphatic carbocycles. The maximum Gasteiger partial charge on any atom is 0.286 e. The van der Waals surface area contributed by atoms with Gasteiger partial charge in [-0.3, -0.25) is 9.69 Å². The highest BCUT2D eigenvalue weighted by atomic mass is 32.1. The van der Waals surface area contributed by atoms with Gasteiger partial charge in [-0.1, -0.05) is 42.5 Å².